The van der Waals surface area contributed by atoms with Crippen LogP contribution in [0.4, 0.5) is 0 Å². The summed E-state index contributed by atoms with van der Waals surface area (Å²) in [4.78, 5) is 19.3. The number of piperidine rings is 1. The molecule has 8 heteroatoms. The van der Waals surface area contributed by atoms with Crippen LogP contribution in [0.1, 0.15) is 63.5 Å². The van der Waals surface area contributed by atoms with E-state index in [2.05, 4.69) is 42.7 Å². The van der Waals surface area contributed by atoms with Crippen molar-refractivity contribution in [2.45, 2.75) is 78.0 Å². The van der Waals surface area contributed by atoms with Gasteiger partial charge >= 0.3 is 0 Å². The molecule has 186 valence electrons. The second kappa shape index (κ2) is 14.7. The summed E-state index contributed by atoms with van der Waals surface area (Å²) in [6.07, 6.45) is 6.27. The number of halogens is 1. The molecule has 0 radical (unpaired) electrons. The normalized spacial score (nSPS) is 20.8. The molecule has 1 amide bonds. The molecule has 7 nitrogen and oxygen atoms in total. The minimum atomic E-state index is 0. The monoisotopic (exact) mass is 572 g/mol. The molecule has 33 heavy (non-hydrogen) atoms. The standard InChI is InChI=1S/C25H40N4O3.HI/c1-4-26-25(27-13-12-24(30)29-14-6-5-8-20(29)3)28-17-21-11-10-19(2)16-23(21)32-18-22-9-7-15-31-22;/h10-11,16,20,22H,4-9,12-15,17-18H2,1-3H3,(H2,26,27,28);1H. The number of nitrogens with zero attached hydrogens (tertiary/aromatic N) is 2. The van der Waals surface area contributed by atoms with Crippen LogP contribution in [0.15, 0.2) is 23.2 Å². The zero-order chi connectivity index (χ0) is 22.8. The smallest absolute Gasteiger partial charge is 0.224 e. The van der Waals surface area contributed by atoms with Gasteiger partial charge in [-0.1, -0.05) is 12.1 Å². The zero-order valence-corrected chi connectivity index (χ0v) is 22.7. The summed E-state index contributed by atoms with van der Waals surface area (Å²) < 4.78 is 11.8. The molecule has 0 saturated carbocycles. The molecule has 1 aromatic rings. The lowest BCUT2D eigenvalue weighted by Gasteiger charge is -2.33. The Hall–Kier alpha value is -1.55. The van der Waals surface area contributed by atoms with Crippen LogP contribution in [0.3, 0.4) is 0 Å². The van der Waals surface area contributed by atoms with Crippen LogP contribution in [0, 0.1) is 6.92 Å². The van der Waals surface area contributed by atoms with Crippen LogP contribution in [0.2, 0.25) is 0 Å². The fourth-order valence-electron chi connectivity index (χ4n) is 4.29. The Morgan fingerprint density at radius 3 is 2.82 bits per heavy atom. The van der Waals surface area contributed by atoms with Crippen molar-refractivity contribution in [3.05, 3.63) is 29.3 Å². The molecule has 2 saturated heterocycles. The van der Waals surface area contributed by atoms with Crippen molar-refractivity contribution in [3.63, 3.8) is 0 Å². The van der Waals surface area contributed by atoms with Gasteiger partial charge in [0.05, 0.1) is 12.6 Å². The molecule has 2 N–H and O–H groups in total. The molecule has 0 bridgehead atoms. The minimum absolute atomic E-state index is 0. The number of guanidine groups is 1. The first-order chi connectivity index (χ1) is 15.6. The first kappa shape index (κ1) is 27.7. The van der Waals surface area contributed by atoms with Crippen molar-refractivity contribution in [1.82, 2.24) is 15.5 Å². The van der Waals surface area contributed by atoms with Crippen molar-refractivity contribution < 1.29 is 14.3 Å². The largest absolute Gasteiger partial charge is 0.491 e. The Bertz CT molecular complexity index is 768. The van der Waals surface area contributed by atoms with Crippen molar-refractivity contribution in [2.75, 3.05) is 32.8 Å². The molecular formula is C25H41IN4O3. The van der Waals surface area contributed by atoms with Crippen molar-refractivity contribution in [2.24, 2.45) is 4.99 Å². The van der Waals surface area contributed by atoms with Crippen LogP contribution in [-0.2, 0) is 16.1 Å². The minimum Gasteiger partial charge on any atom is -0.491 e. The summed E-state index contributed by atoms with van der Waals surface area (Å²) >= 11 is 0. The average molecular weight is 573 g/mol. The number of hydrogen-bond donors (Lipinski definition) is 2. The number of aliphatic imine (C=N–C) groups is 1. The molecule has 0 spiro atoms. The lowest BCUT2D eigenvalue weighted by molar-refractivity contribution is -0.134. The highest BCUT2D eigenvalue weighted by molar-refractivity contribution is 14.0. The van der Waals surface area contributed by atoms with Gasteiger partial charge in [0.2, 0.25) is 5.91 Å². The van der Waals surface area contributed by atoms with Gasteiger partial charge in [0.25, 0.3) is 0 Å². The highest BCUT2D eigenvalue weighted by Crippen LogP contribution is 2.23. The number of aryl methyl sites for hydroxylation is 1. The highest BCUT2D eigenvalue weighted by Gasteiger charge is 2.22. The van der Waals surface area contributed by atoms with E-state index in [1.54, 1.807) is 0 Å². The number of carbonyl (C=O) groups excluding carboxylic acids is 1. The third-order valence-corrected chi connectivity index (χ3v) is 6.18. The van der Waals surface area contributed by atoms with Gasteiger partial charge in [-0.05, 0) is 64.5 Å². The van der Waals surface area contributed by atoms with Gasteiger partial charge in [-0.2, -0.15) is 0 Å². The lowest BCUT2D eigenvalue weighted by atomic mass is 10.0. The molecule has 2 heterocycles. The van der Waals surface area contributed by atoms with E-state index in [4.69, 9.17) is 14.5 Å². The van der Waals surface area contributed by atoms with E-state index in [-0.39, 0.29) is 36.0 Å². The molecule has 2 aliphatic heterocycles. The third-order valence-electron chi connectivity index (χ3n) is 6.18. The van der Waals surface area contributed by atoms with Gasteiger partial charge in [0.1, 0.15) is 12.4 Å². The Morgan fingerprint density at radius 1 is 1.24 bits per heavy atom. The SMILES string of the molecule is CCNC(=NCc1ccc(C)cc1OCC1CCCO1)NCCC(=O)N1CCCCC1C.I. The van der Waals surface area contributed by atoms with E-state index < -0.39 is 0 Å². The number of ether oxygens (including phenoxy) is 2. The second-order valence-corrected chi connectivity index (χ2v) is 8.86. The number of benzene rings is 1. The Labute approximate surface area is 216 Å². The maximum Gasteiger partial charge on any atom is 0.224 e. The van der Waals surface area contributed by atoms with E-state index in [0.717, 1.165) is 68.2 Å². The van der Waals surface area contributed by atoms with Gasteiger partial charge in [0.15, 0.2) is 5.96 Å². The van der Waals surface area contributed by atoms with Crippen LogP contribution in [0.25, 0.3) is 0 Å². The fourth-order valence-corrected chi connectivity index (χ4v) is 4.29. The predicted octanol–water partition coefficient (Wildman–Crippen LogP) is 4.02. The molecule has 0 aliphatic carbocycles. The van der Waals surface area contributed by atoms with Gasteiger partial charge in [0, 0.05) is 44.3 Å². The van der Waals surface area contributed by atoms with Crippen LogP contribution < -0.4 is 15.4 Å². The van der Waals surface area contributed by atoms with Gasteiger partial charge in [-0.3, -0.25) is 4.79 Å². The summed E-state index contributed by atoms with van der Waals surface area (Å²) in [6, 6.07) is 6.59. The van der Waals surface area contributed by atoms with E-state index in [1.807, 2.05) is 11.8 Å². The Balaban J connectivity index is 0.00000385. The van der Waals surface area contributed by atoms with Crippen molar-refractivity contribution >= 4 is 35.8 Å². The summed E-state index contributed by atoms with van der Waals surface area (Å²) in [5, 5.41) is 6.59. The number of nitrogens with one attached hydrogen (secondary N) is 2. The van der Waals surface area contributed by atoms with E-state index in [0.29, 0.717) is 32.2 Å². The first-order valence-electron chi connectivity index (χ1n) is 12.2. The molecule has 1 aromatic carbocycles. The lowest BCUT2D eigenvalue weighted by Crippen LogP contribution is -2.44. The predicted molar refractivity (Wildman–Crippen MR) is 144 cm³/mol. The Morgan fingerprint density at radius 2 is 2.09 bits per heavy atom. The second-order valence-electron chi connectivity index (χ2n) is 8.86. The molecule has 2 unspecified atom stereocenters. The van der Waals surface area contributed by atoms with Crippen LogP contribution in [-0.4, -0.2) is 61.8 Å². The summed E-state index contributed by atoms with van der Waals surface area (Å²) in [5.74, 6) is 1.82. The number of rotatable bonds is 9. The maximum absolute atomic E-state index is 12.6. The molecule has 0 aromatic heterocycles. The third kappa shape index (κ3) is 8.96. The summed E-state index contributed by atoms with van der Waals surface area (Å²) in [6.45, 7) is 10.4. The highest BCUT2D eigenvalue weighted by atomic mass is 127. The van der Waals surface area contributed by atoms with Crippen molar-refractivity contribution in [3.8, 4) is 5.75 Å². The average Bonchev–Trinajstić information content (AvgIpc) is 3.31. The maximum atomic E-state index is 12.6. The first-order valence-corrected chi connectivity index (χ1v) is 12.2. The summed E-state index contributed by atoms with van der Waals surface area (Å²) in [7, 11) is 0. The molecule has 3 rings (SSSR count). The van der Waals surface area contributed by atoms with E-state index in [9.17, 15) is 4.79 Å². The van der Waals surface area contributed by atoms with Crippen LogP contribution >= 0.6 is 24.0 Å². The summed E-state index contributed by atoms with van der Waals surface area (Å²) in [5.41, 5.74) is 2.21. The van der Waals surface area contributed by atoms with E-state index in [1.165, 1.54) is 6.42 Å². The quantitative estimate of drug-likeness (QED) is 0.266. The van der Waals surface area contributed by atoms with Crippen LogP contribution in [0.5, 0.6) is 5.75 Å². The van der Waals surface area contributed by atoms with Gasteiger partial charge in [-0.25, -0.2) is 4.99 Å². The molecule has 2 aliphatic rings. The molecular weight excluding hydrogens is 531 g/mol. The molecule has 2 fully saturated rings. The van der Waals surface area contributed by atoms with Gasteiger partial charge < -0.3 is 25.0 Å². The topological polar surface area (TPSA) is 75.2 Å². The fraction of sp³-hybridized carbons (Fsp3) is 0.680. The zero-order valence-electron chi connectivity index (χ0n) is 20.4. The van der Waals surface area contributed by atoms with Crippen molar-refractivity contribution in [1.29, 1.82) is 0 Å². The van der Waals surface area contributed by atoms with Gasteiger partial charge in [-0.15, -0.1) is 24.0 Å². The molecule has 2 atom stereocenters. The number of amides is 1. The number of likely N-dealkylation sites (tertiary alicyclic amines) is 1. The Kier molecular flexibility index (Phi) is 12.3. The number of carbonyl (C=O) groups is 1. The van der Waals surface area contributed by atoms with E-state index >= 15 is 0 Å². The number of hydrogen-bond acceptors (Lipinski definition) is 4.